The molecule has 2 unspecified atom stereocenters. The molecule has 1 aromatic rings. The molecule has 1 fully saturated rings. The van der Waals surface area contributed by atoms with Crippen molar-refractivity contribution in [3.05, 3.63) is 16.4 Å². The highest BCUT2D eigenvalue weighted by Crippen LogP contribution is 2.45. The van der Waals surface area contributed by atoms with Gasteiger partial charge in [-0.3, -0.25) is 4.68 Å². The highest BCUT2D eigenvalue weighted by Gasteiger charge is 2.39. The number of nitrogens with zero attached hydrogens (tertiary/aromatic N) is 2. The van der Waals surface area contributed by atoms with Crippen LogP contribution in [-0.4, -0.2) is 22.9 Å². The first-order chi connectivity index (χ1) is 9.94. The summed E-state index contributed by atoms with van der Waals surface area (Å²) in [4.78, 5) is 0. The molecule has 1 aromatic heterocycles. The van der Waals surface area contributed by atoms with Crippen LogP contribution in [0.2, 0.25) is 5.02 Å². The van der Waals surface area contributed by atoms with Crippen molar-refractivity contribution in [3.63, 3.8) is 0 Å². The number of hydrogen-bond acceptors (Lipinski definition) is 2. The highest BCUT2D eigenvalue weighted by atomic mass is 35.5. The summed E-state index contributed by atoms with van der Waals surface area (Å²) in [6.07, 6.45) is 5.87. The monoisotopic (exact) mass is 311 g/mol. The van der Waals surface area contributed by atoms with Crippen LogP contribution in [0.25, 0.3) is 0 Å². The quantitative estimate of drug-likeness (QED) is 0.858. The van der Waals surface area contributed by atoms with Crippen LogP contribution in [0.5, 0.6) is 0 Å². The fraction of sp³-hybridized carbons (Fsp3) is 0.824. The molecular weight excluding hydrogens is 282 g/mol. The molecule has 1 heterocycles. The number of aryl methyl sites for hydroxylation is 2. The van der Waals surface area contributed by atoms with E-state index in [1.807, 2.05) is 0 Å². The third-order valence-corrected chi connectivity index (χ3v) is 5.74. The predicted octanol–water partition coefficient (Wildman–Crippen LogP) is 4.08. The van der Waals surface area contributed by atoms with E-state index in [2.05, 4.69) is 49.8 Å². The topological polar surface area (TPSA) is 29.9 Å². The average molecular weight is 312 g/mol. The average Bonchev–Trinajstić information content (AvgIpc) is 2.96. The zero-order chi connectivity index (χ0) is 15.6. The van der Waals surface area contributed by atoms with Crippen molar-refractivity contribution in [1.82, 2.24) is 15.1 Å². The van der Waals surface area contributed by atoms with Crippen LogP contribution in [-0.2, 0) is 19.4 Å². The molecule has 2 rings (SSSR count). The van der Waals surface area contributed by atoms with E-state index in [1.54, 1.807) is 0 Å². The molecule has 0 aromatic carbocycles. The number of nitrogens with one attached hydrogen (secondary N) is 1. The second-order valence-corrected chi connectivity index (χ2v) is 7.34. The fourth-order valence-corrected chi connectivity index (χ4v) is 4.31. The van der Waals surface area contributed by atoms with Gasteiger partial charge in [0, 0.05) is 19.0 Å². The van der Waals surface area contributed by atoms with E-state index in [4.69, 9.17) is 11.6 Å². The maximum atomic E-state index is 6.58. The predicted molar refractivity (Wildman–Crippen MR) is 90.0 cm³/mol. The van der Waals surface area contributed by atoms with Crippen LogP contribution < -0.4 is 5.32 Å². The largest absolute Gasteiger partial charge is 0.316 e. The third-order valence-electron chi connectivity index (χ3n) is 5.30. The molecule has 120 valence electrons. The van der Waals surface area contributed by atoms with Crippen LogP contribution in [0.4, 0.5) is 0 Å². The molecule has 0 amide bonds. The SMILES string of the molecule is CCc1nn(CC)c(CC(NC)C2CCCC2(C)C)c1Cl. The summed E-state index contributed by atoms with van der Waals surface area (Å²) in [6.45, 7) is 9.96. The Labute approximate surface area is 134 Å². The van der Waals surface area contributed by atoms with Gasteiger partial charge in [0.05, 0.1) is 16.4 Å². The van der Waals surface area contributed by atoms with Gasteiger partial charge in [0.1, 0.15) is 0 Å². The lowest BCUT2D eigenvalue weighted by Crippen LogP contribution is -2.41. The van der Waals surface area contributed by atoms with Crippen molar-refractivity contribution in [3.8, 4) is 0 Å². The standard InChI is InChI=1S/C17H30ClN3/c1-6-13-16(18)15(21(7-2)20-13)11-14(19-5)12-9-8-10-17(12,3)4/h12,14,19H,6-11H2,1-5H3. The van der Waals surface area contributed by atoms with E-state index in [9.17, 15) is 0 Å². The molecule has 21 heavy (non-hydrogen) atoms. The van der Waals surface area contributed by atoms with E-state index in [0.717, 1.165) is 30.1 Å². The van der Waals surface area contributed by atoms with E-state index in [-0.39, 0.29) is 0 Å². The number of likely N-dealkylation sites (N-methyl/N-ethyl adjacent to an activating group) is 1. The van der Waals surface area contributed by atoms with Gasteiger partial charge >= 0.3 is 0 Å². The Morgan fingerprint density at radius 1 is 1.43 bits per heavy atom. The first-order valence-electron chi connectivity index (χ1n) is 8.35. The molecule has 0 bridgehead atoms. The van der Waals surface area contributed by atoms with Crippen molar-refractivity contribution in [2.75, 3.05) is 7.05 Å². The molecule has 0 saturated heterocycles. The molecule has 2 atom stereocenters. The smallest absolute Gasteiger partial charge is 0.0850 e. The minimum absolute atomic E-state index is 0.421. The Hall–Kier alpha value is -0.540. The van der Waals surface area contributed by atoms with Gasteiger partial charge in [-0.15, -0.1) is 0 Å². The minimum atomic E-state index is 0.421. The van der Waals surface area contributed by atoms with Crippen molar-refractivity contribution in [2.45, 2.75) is 72.4 Å². The summed E-state index contributed by atoms with van der Waals surface area (Å²) in [5.41, 5.74) is 2.66. The number of aromatic nitrogens is 2. The van der Waals surface area contributed by atoms with Gasteiger partial charge in [-0.2, -0.15) is 5.10 Å². The van der Waals surface area contributed by atoms with Crippen molar-refractivity contribution in [1.29, 1.82) is 0 Å². The summed E-state index contributed by atoms with van der Waals surface area (Å²) in [6, 6.07) is 0.478. The Morgan fingerprint density at radius 3 is 2.62 bits per heavy atom. The zero-order valence-electron chi connectivity index (χ0n) is 14.2. The lowest BCUT2D eigenvalue weighted by atomic mass is 9.76. The summed E-state index contributed by atoms with van der Waals surface area (Å²) in [5, 5.41) is 9.09. The van der Waals surface area contributed by atoms with Gasteiger partial charge in [-0.1, -0.05) is 38.8 Å². The van der Waals surface area contributed by atoms with Crippen LogP contribution in [0.1, 0.15) is 58.3 Å². The molecule has 3 nitrogen and oxygen atoms in total. The molecule has 0 aliphatic heterocycles. The third kappa shape index (κ3) is 3.29. The summed E-state index contributed by atoms with van der Waals surface area (Å²) in [5.74, 6) is 0.712. The lowest BCUT2D eigenvalue weighted by molar-refractivity contribution is 0.200. The van der Waals surface area contributed by atoms with Crippen molar-refractivity contribution in [2.24, 2.45) is 11.3 Å². The van der Waals surface area contributed by atoms with E-state index < -0.39 is 0 Å². The molecule has 0 radical (unpaired) electrons. The van der Waals surface area contributed by atoms with Crippen LogP contribution in [0, 0.1) is 11.3 Å². The van der Waals surface area contributed by atoms with E-state index in [1.165, 1.54) is 25.0 Å². The van der Waals surface area contributed by atoms with Crippen LogP contribution in [0.3, 0.4) is 0 Å². The van der Waals surface area contributed by atoms with Crippen molar-refractivity contribution >= 4 is 11.6 Å². The van der Waals surface area contributed by atoms with Gasteiger partial charge in [-0.05, 0) is 44.6 Å². The molecule has 1 N–H and O–H groups in total. The molecule has 1 aliphatic rings. The first kappa shape index (κ1) is 16.8. The molecule has 1 saturated carbocycles. The van der Waals surface area contributed by atoms with Gasteiger partial charge < -0.3 is 5.32 Å². The van der Waals surface area contributed by atoms with Gasteiger partial charge in [0.25, 0.3) is 0 Å². The molecule has 0 spiro atoms. The number of hydrogen-bond donors (Lipinski definition) is 1. The van der Waals surface area contributed by atoms with E-state index in [0.29, 0.717) is 17.4 Å². The van der Waals surface area contributed by atoms with Gasteiger partial charge in [-0.25, -0.2) is 0 Å². The Kier molecular flexibility index (Phi) is 5.37. The number of halogens is 1. The molecule has 4 heteroatoms. The first-order valence-corrected chi connectivity index (χ1v) is 8.73. The van der Waals surface area contributed by atoms with E-state index >= 15 is 0 Å². The maximum absolute atomic E-state index is 6.58. The maximum Gasteiger partial charge on any atom is 0.0850 e. The van der Waals surface area contributed by atoms with Crippen LogP contribution >= 0.6 is 11.6 Å². The Balaban J connectivity index is 2.25. The summed E-state index contributed by atoms with van der Waals surface area (Å²) in [7, 11) is 2.08. The van der Waals surface area contributed by atoms with Gasteiger partial charge in [0.2, 0.25) is 0 Å². The van der Waals surface area contributed by atoms with Crippen molar-refractivity contribution < 1.29 is 0 Å². The lowest BCUT2D eigenvalue weighted by Gasteiger charge is -2.34. The number of rotatable bonds is 6. The summed E-state index contributed by atoms with van der Waals surface area (Å²) < 4.78 is 2.09. The molecule has 1 aliphatic carbocycles. The highest BCUT2D eigenvalue weighted by molar-refractivity contribution is 6.31. The normalized spacial score (nSPS) is 22.7. The second-order valence-electron chi connectivity index (χ2n) is 6.96. The fourth-order valence-electron chi connectivity index (χ4n) is 3.97. The Bertz CT molecular complexity index is 479. The second kappa shape index (κ2) is 6.70. The zero-order valence-corrected chi connectivity index (χ0v) is 14.9. The summed E-state index contributed by atoms with van der Waals surface area (Å²) >= 11 is 6.58. The van der Waals surface area contributed by atoms with Crippen LogP contribution in [0.15, 0.2) is 0 Å². The van der Waals surface area contributed by atoms with Gasteiger partial charge in [0.15, 0.2) is 0 Å². The Morgan fingerprint density at radius 2 is 2.14 bits per heavy atom. The minimum Gasteiger partial charge on any atom is -0.316 e. The molecular formula is C17H30ClN3.